The Kier molecular flexibility index (Phi) is 4.42. The van der Waals surface area contributed by atoms with Crippen molar-refractivity contribution in [3.63, 3.8) is 0 Å². The highest BCUT2D eigenvalue weighted by Crippen LogP contribution is 2.21. The molecule has 4 heteroatoms. The lowest BCUT2D eigenvalue weighted by molar-refractivity contribution is 0.0505. The summed E-state index contributed by atoms with van der Waals surface area (Å²) in [6.45, 7) is 2.36. The molecule has 0 aliphatic rings. The molecule has 0 radical (unpaired) electrons. The van der Waals surface area contributed by atoms with Gasteiger partial charge in [0.15, 0.2) is 0 Å². The summed E-state index contributed by atoms with van der Waals surface area (Å²) in [6.07, 6.45) is 0.803. The second-order valence-electron chi connectivity index (χ2n) is 2.76. The first-order valence-electron chi connectivity index (χ1n) is 4.27. The first-order chi connectivity index (χ1) is 6.65. The summed E-state index contributed by atoms with van der Waals surface area (Å²) in [5, 5.41) is 0.411. The largest absolute Gasteiger partial charge is 0.462 e. The molecule has 1 aromatic carbocycles. The van der Waals surface area contributed by atoms with Gasteiger partial charge in [-0.2, -0.15) is 0 Å². The highest BCUT2D eigenvalue weighted by molar-refractivity contribution is 9.10. The van der Waals surface area contributed by atoms with Gasteiger partial charge in [-0.05, 0) is 24.6 Å². The minimum absolute atomic E-state index is 0.377. The third-order valence-electron chi connectivity index (χ3n) is 1.59. The van der Waals surface area contributed by atoms with E-state index in [1.807, 2.05) is 6.92 Å². The zero-order valence-electron chi connectivity index (χ0n) is 7.72. The van der Waals surface area contributed by atoms with Crippen LogP contribution in [0.15, 0.2) is 22.7 Å². The highest BCUT2D eigenvalue weighted by Gasteiger charge is 2.11. The topological polar surface area (TPSA) is 26.3 Å². The van der Waals surface area contributed by atoms with Crippen molar-refractivity contribution in [2.75, 3.05) is 6.61 Å². The van der Waals surface area contributed by atoms with Crippen LogP contribution in [0.25, 0.3) is 0 Å². The van der Waals surface area contributed by atoms with Gasteiger partial charge in [-0.15, -0.1) is 0 Å². The smallest absolute Gasteiger partial charge is 0.339 e. The summed E-state index contributed by atoms with van der Waals surface area (Å²) in [5.74, 6) is -0.377. The minimum atomic E-state index is -0.377. The van der Waals surface area contributed by atoms with E-state index in [0.717, 1.165) is 10.9 Å². The third-order valence-corrected chi connectivity index (χ3v) is 2.41. The van der Waals surface area contributed by atoms with Crippen molar-refractivity contribution in [1.29, 1.82) is 0 Å². The van der Waals surface area contributed by atoms with Crippen LogP contribution in [0.1, 0.15) is 23.7 Å². The maximum absolute atomic E-state index is 11.4. The number of rotatable bonds is 3. The normalized spacial score (nSPS) is 9.93. The van der Waals surface area contributed by atoms with Crippen molar-refractivity contribution < 1.29 is 9.53 Å². The van der Waals surface area contributed by atoms with Crippen LogP contribution in [0.4, 0.5) is 0 Å². The van der Waals surface area contributed by atoms with Crippen LogP contribution < -0.4 is 0 Å². The molecule has 0 saturated heterocycles. The van der Waals surface area contributed by atoms with Gasteiger partial charge in [0, 0.05) is 4.47 Å². The van der Waals surface area contributed by atoms with Crippen molar-refractivity contribution >= 4 is 33.5 Å². The van der Waals surface area contributed by atoms with Gasteiger partial charge in [-0.3, -0.25) is 0 Å². The number of benzene rings is 1. The number of hydrogen-bond donors (Lipinski definition) is 0. The molecule has 76 valence electrons. The second-order valence-corrected chi connectivity index (χ2v) is 4.08. The number of halogens is 2. The number of ether oxygens (including phenoxy) is 1. The predicted molar refractivity (Wildman–Crippen MR) is 59.7 cm³/mol. The van der Waals surface area contributed by atoms with E-state index in [0.29, 0.717) is 17.2 Å². The zero-order chi connectivity index (χ0) is 10.6. The first-order valence-corrected chi connectivity index (χ1v) is 5.44. The van der Waals surface area contributed by atoms with Crippen molar-refractivity contribution in [3.05, 3.63) is 33.3 Å². The monoisotopic (exact) mass is 276 g/mol. The predicted octanol–water partition coefficient (Wildman–Crippen LogP) is 3.67. The molecule has 1 aromatic rings. The average Bonchev–Trinajstić information content (AvgIpc) is 2.18. The minimum Gasteiger partial charge on any atom is -0.462 e. The fraction of sp³-hybridized carbons (Fsp3) is 0.300. The molecule has 0 fully saturated rings. The quantitative estimate of drug-likeness (QED) is 0.788. The molecule has 0 spiro atoms. The fourth-order valence-electron chi connectivity index (χ4n) is 0.926. The number of carbonyl (C=O) groups excluding carboxylic acids is 1. The molecule has 14 heavy (non-hydrogen) atoms. The Morgan fingerprint density at radius 3 is 2.93 bits per heavy atom. The van der Waals surface area contributed by atoms with Crippen molar-refractivity contribution in [2.24, 2.45) is 0 Å². The van der Waals surface area contributed by atoms with Gasteiger partial charge >= 0.3 is 5.97 Å². The van der Waals surface area contributed by atoms with Crippen LogP contribution in [-0.4, -0.2) is 12.6 Å². The summed E-state index contributed by atoms with van der Waals surface area (Å²) in [7, 11) is 0. The lowest BCUT2D eigenvalue weighted by atomic mass is 10.2. The summed E-state index contributed by atoms with van der Waals surface area (Å²) in [6, 6.07) is 5.09. The van der Waals surface area contributed by atoms with Gasteiger partial charge in [-0.1, -0.05) is 34.5 Å². The Bertz CT molecular complexity index is 339. The Morgan fingerprint density at radius 2 is 2.29 bits per heavy atom. The molecular weight excluding hydrogens is 267 g/mol. The molecule has 0 unspecified atom stereocenters. The van der Waals surface area contributed by atoms with E-state index in [9.17, 15) is 4.79 Å². The van der Waals surface area contributed by atoms with Gasteiger partial charge in [0.2, 0.25) is 0 Å². The first kappa shape index (κ1) is 11.5. The van der Waals surface area contributed by atoms with Crippen LogP contribution >= 0.6 is 27.5 Å². The Labute approximate surface area is 96.3 Å². The molecule has 0 saturated carbocycles. The average molecular weight is 278 g/mol. The zero-order valence-corrected chi connectivity index (χ0v) is 10.1. The summed E-state index contributed by atoms with van der Waals surface area (Å²) >= 11 is 9.11. The van der Waals surface area contributed by atoms with Crippen LogP contribution in [-0.2, 0) is 4.74 Å². The van der Waals surface area contributed by atoms with Gasteiger partial charge in [0.1, 0.15) is 0 Å². The molecule has 0 aliphatic carbocycles. The molecule has 0 N–H and O–H groups in total. The molecule has 0 heterocycles. The van der Waals surface area contributed by atoms with Crippen molar-refractivity contribution in [2.45, 2.75) is 13.3 Å². The molecule has 1 rings (SSSR count). The van der Waals surface area contributed by atoms with E-state index in [1.165, 1.54) is 0 Å². The SMILES string of the molecule is CCCOC(=O)c1cc(Br)ccc1Cl. The van der Waals surface area contributed by atoms with Crippen LogP contribution in [0.3, 0.4) is 0 Å². The standard InChI is InChI=1S/C10H10BrClO2/c1-2-5-14-10(13)8-6-7(11)3-4-9(8)12/h3-4,6H,2,5H2,1H3. The lowest BCUT2D eigenvalue weighted by Gasteiger charge is -2.04. The number of carbonyl (C=O) groups is 1. The second kappa shape index (κ2) is 5.37. The highest BCUT2D eigenvalue weighted by atomic mass is 79.9. The maximum Gasteiger partial charge on any atom is 0.339 e. The number of esters is 1. The number of hydrogen-bond acceptors (Lipinski definition) is 2. The maximum atomic E-state index is 11.4. The van der Waals surface area contributed by atoms with E-state index < -0.39 is 0 Å². The summed E-state index contributed by atoms with van der Waals surface area (Å²) in [4.78, 5) is 11.4. The van der Waals surface area contributed by atoms with Crippen LogP contribution in [0.2, 0.25) is 5.02 Å². The lowest BCUT2D eigenvalue weighted by Crippen LogP contribution is -2.06. The fourth-order valence-corrected chi connectivity index (χ4v) is 1.48. The molecule has 2 nitrogen and oxygen atoms in total. The molecule has 0 aromatic heterocycles. The Morgan fingerprint density at radius 1 is 1.57 bits per heavy atom. The van der Waals surface area contributed by atoms with Gasteiger partial charge in [0.25, 0.3) is 0 Å². The summed E-state index contributed by atoms with van der Waals surface area (Å²) < 4.78 is 5.78. The van der Waals surface area contributed by atoms with Gasteiger partial charge in [0.05, 0.1) is 17.2 Å². The molecule has 0 bridgehead atoms. The van der Waals surface area contributed by atoms with Crippen LogP contribution in [0.5, 0.6) is 0 Å². The molecule has 0 amide bonds. The van der Waals surface area contributed by atoms with Crippen molar-refractivity contribution in [3.8, 4) is 0 Å². The third kappa shape index (κ3) is 3.00. The van der Waals surface area contributed by atoms with Crippen LogP contribution in [0, 0.1) is 0 Å². The molecule has 0 atom stereocenters. The molecule has 0 aliphatic heterocycles. The van der Waals surface area contributed by atoms with E-state index in [2.05, 4.69) is 15.9 Å². The van der Waals surface area contributed by atoms with E-state index >= 15 is 0 Å². The Balaban J connectivity index is 2.83. The van der Waals surface area contributed by atoms with Gasteiger partial charge in [-0.25, -0.2) is 4.79 Å². The van der Waals surface area contributed by atoms with Crippen molar-refractivity contribution in [1.82, 2.24) is 0 Å². The van der Waals surface area contributed by atoms with E-state index in [-0.39, 0.29) is 5.97 Å². The van der Waals surface area contributed by atoms with E-state index in [4.69, 9.17) is 16.3 Å². The summed E-state index contributed by atoms with van der Waals surface area (Å²) in [5.41, 5.74) is 0.398. The Hall–Kier alpha value is -0.540. The molecular formula is C10H10BrClO2. The van der Waals surface area contributed by atoms with Gasteiger partial charge < -0.3 is 4.74 Å². The van der Waals surface area contributed by atoms with E-state index in [1.54, 1.807) is 18.2 Å².